The van der Waals surface area contributed by atoms with Crippen LogP contribution in [-0.2, 0) is 0 Å². The van der Waals surface area contributed by atoms with E-state index < -0.39 is 11.6 Å². The van der Waals surface area contributed by atoms with E-state index in [2.05, 4.69) is 33.5 Å². The summed E-state index contributed by atoms with van der Waals surface area (Å²) in [6, 6.07) is 3.12. The highest BCUT2D eigenvalue weighted by Gasteiger charge is 2.22. The van der Waals surface area contributed by atoms with Crippen molar-refractivity contribution >= 4 is 17.7 Å². The molecule has 2 heterocycles. The van der Waals surface area contributed by atoms with Gasteiger partial charge in [0.1, 0.15) is 11.6 Å². The van der Waals surface area contributed by atoms with Crippen LogP contribution in [0.25, 0.3) is 11.3 Å². The van der Waals surface area contributed by atoms with Crippen LogP contribution in [0, 0.1) is 5.92 Å². The van der Waals surface area contributed by atoms with Crippen LogP contribution in [0.1, 0.15) is 27.2 Å². The lowest BCUT2D eigenvalue weighted by Gasteiger charge is -2.26. The number of aromatic nitrogens is 3. The van der Waals surface area contributed by atoms with E-state index in [9.17, 15) is 4.79 Å². The van der Waals surface area contributed by atoms with Crippen molar-refractivity contribution in [2.24, 2.45) is 17.4 Å². The Hall–Kier alpha value is -2.45. The highest BCUT2D eigenvalue weighted by molar-refractivity contribution is 6.32. The number of primary amides is 1. The molecule has 0 aliphatic rings. The van der Waals surface area contributed by atoms with Gasteiger partial charge in [0.05, 0.1) is 5.69 Å². The van der Waals surface area contributed by atoms with E-state index >= 15 is 0 Å². The van der Waals surface area contributed by atoms with Crippen molar-refractivity contribution in [1.82, 2.24) is 15.0 Å². The number of nitrogens with zero attached hydrogens (tertiary/aromatic N) is 3. The van der Waals surface area contributed by atoms with Gasteiger partial charge in [-0.15, -0.1) is 0 Å². The molecule has 0 aliphatic heterocycles. The molecule has 9 heteroatoms. The predicted molar refractivity (Wildman–Crippen MR) is 98.0 cm³/mol. The standard InChI is InChI=1S/C17H22ClN5O3/c1-10(2)7-17(3,20)9-25-14-12(18)6-11(8-22-14)13-4-5-21-16(23-13)26-15(19)24/h4-6,8,10H,7,9,20H2,1-3H3,(H2,19,24)/t17-/m1/s1. The molecule has 140 valence electrons. The second-order valence-corrected chi connectivity index (χ2v) is 7.10. The molecule has 0 fully saturated rings. The number of hydrogen-bond donors (Lipinski definition) is 2. The Kier molecular flexibility index (Phi) is 6.33. The summed E-state index contributed by atoms with van der Waals surface area (Å²) < 4.78 is 10.3. The summed E-state index contributed by atoms with van der Waals surface area (Å²) in [6.07, 6.45) is 2.80. The first kappa shape index (κ1) is 19.9. The topological polar surface area (TPSA) is 126 Å². The van der Waals surface area contributed by atoms with Crippen LogP contribution in [0.2, 0.25) is 5.02 Å². The summed E-state index contributed by atoms with van der Waals surface area (Å²) in [5.41, 5.74) is 11.8. The molecule has 2 aromatic heterocycles. The second-order valence-electron chi connectivity index (χ2n) is 6.70. The van der Waals surface area contributed by atoms with E-state index in [4.69, 9.17) is 27.8 Å². The summed E-state index contributed by atoms with van der Waals surface area (Å²) in [5, 5.41) is 0.318. The molecule has 2 aromatic rings. The van der Waals surface area contributed by atoms with Gasteiger partial charge in [0.25, 0.3) is 0 Å². The Morgan fingerprint density at radius 3 is 2.73 bits per heavy atom. The van der Waals surface area contributed by atoms with Gasteiger partial charge in [0.15, 0.2) is 0 Å². The number of amides is 1. The van der Waals surface area contributed by atoms with E-state index in [0.29, 0.717) is 34.7 Å². The molecule has 1 amide bonds. The van der Waals surface area contributed by atoms with E-state index in [-0.39, 0.29) is 6.01 Å². The number of rotatable bonds is 7. The van der Waals surface area contributed by atoms with Crippen LogP contribution < -0.4 is 20.9 Å². The Morgan fingerprint density at radius 1 is 1.38 bits per heavy atom. The zero-order valence-electron chi connectivity index (χ0n) is 14.9. The fraction of sp³-hybridized carbons (Fsp3) is 0.412. The third-order valence-electron chi connectivity index (χ3n) is 3.34. The number of ether oxygens (including phenoxy) is 2. The minimum Gasteiger partial charge on any atom is -0.475 e. The van der Waals surface area contributed by atoms with Gasteiger partial charge in [-0.25, -0.2) is 14.8 Å². The Morgan fingerprint density at radius 2 is 2.12 bits per heavy atom. The lowest BCUT2D eigenvalue weighted by Crippen LogP contribution is -2.43. The van der Waals surface area contributed by atoms with Crippen molar-refractivity contribution < 1.29 is 14.3 Å². The Balaban J connectivity index is 2.13. The fourth-order valence-electron chi connectivity index (χ4n) is 2.54. The van der Waals surface area contributed by atoms with Gasteiger partial charge in [-0.05, 0) is 31.4 Å². The van der Waals surface area contributed by atoms with Gasteiger partial charge in [0, 0.05) is 23.5 Å². The molecule has 2 rings (SSSR count). The van der Waals surface area contributed by atoms with Gasteiger partial charge >= 0.3 is 12.1 Å². The molecule has 8 nitrogen and oxygen atoms in total. The van der Waals surface area contributed by atoms with Crippen molar-refractivity contribution in [2.75, 3.05) is 6.61 Å². The summed E-state index contributed by atoms with van der Waals surface area (Å²) >= 11 is 6.26. The average Bonchev–Trinajstić information content (AvgIpc) is 2.52. The van der Waals surface area contributed by atoms with Gasteiger partial charge in [-0.2, -0.15) is 4.98 Å². The number of carbonyl (C=O) groups is 1. The summed E-state index contributed by atoms with van der Waals surface area (Å²) in [4.78, 5) is 22.9. The zero-order chi connectivity index (χ0) is 19.3. The molecule has 0 aromatic carbocycles. The van der Waals surface area contributed by atoms with Gasteiger partial charge < -0.3 is 20.9 Å². The number of hydrogen-bond acceptors (Lipinski definition) is 7. The van der Waals surface area contributed by atoms with E-state index in [1.807, 2.05) is 6.92 Å². The maximum atomic E-state index is 10.8. The first-order valence-electron chi connectivity index (χ1n) is 8.04. The lowest BCUT2D eigenvalue weighted by molar-refractivity contribution is 0.201. The van der Waals surface area contributed by atoms with Crippen LogP contribution in [-0.4, -0.2) is 33.2 Å². The van der Waals surface area contributed by atoms with Crippen LogP contribution >= 0.6 is 11.6 Å². The molecule has 0 saturated heterocycles. The van der Waals surface area contributed by atoms with Crippen LogP contribution in [0.15, 0.2) is 24.5 Å². The second kappa shape index (κ2) is 8.29. The highest BCUT2D eigenvalue weighted by atomic mass is 35.5. The summed E-state index contributed by atoms with van der Waals surface area (Å²) in [5.74, 6) is 0.743. The molecule has 26 heavy (non-hydrogen) atoms. The largest absolute Gasteiger partial charge is 0.475 e. The van der Waals surface area contributed by atoms with Gasteiger partial charge in [0.2, 0.25) is 5.88 Å². The zero-order valence-corrected chi connectivity index (χ0v) is 15.7. The first-order chi connectivity index (χ1) is 12.2. The third kappa shape index (κ3) is 5.82. The van der Waals surface area contributed by atoms with E-state index in [1.54, 1.807) is 18.3 Å². The summed E-state index contributed by atoms with van der Waals surface area (Å²) in [7, 11) is 0. The maximum Gasteiger partial charge on any atom is 0.412 e. The average molecular weight is 380 g/mol. The van der Waals surface area contributed by atoms with Crippen molar-refractivity contribution in [2.45, 2.75) is 32.7 Å². The van der Waals surface area contributed by atoms with Gasteiger partial charge in [-0.1, -0.05) is 25.4 Å². The predicted octanol–water partition coefficient (Wildman–Crippen LogP) is 2.79. The molecule has 0 saturated carbocycles. The normalized spacial score (nSPS) is 13.3. The highest BCUT2D eigenvalue weighted by Crippen LogP contribution is 2.28. The van der Waals surface area contributed by atoms with Crippen LogP contribution in [0.3, 0.4) is 0 Å². The van der Waals surface area contributed by atoms with Crippen molar-refractivity contribution in [1.29, 1.82) is 0 Å². The molecular weight excluding hydrogens is 358 g/mol. The summed E-state index contributed by atoms with van der Waals surface area (Å²) in [6.45, 7) is 6.42. The molecular formula is C17H22ClN5O3. The van der Waals surface area contributed by atoms with Crippen LogP contribution in [0.4, 0.5) is 4.79 Å². The SMILES string of the molecule is CC(C)C[C@@](C)(N)COc1ncc(-c2ccnc(OC(N)=O)n2)cc1Cl. The first-order valence-corrected chi connectivity index (χ1v) is 8.42. The van der Waals surface area contributed by atoms with Crippen molar-refractivity contribution in [3.63, 3.8) is 0 Å². The third-order valence-corrected chi connectivity index (χ3v) is 3.61. The fourth-order valence-corrected chi connectivity index (χ4v) is 2.76. The monoisotopic (exact) mass is 379 g/mol. The number of halogens is 1. The maximum absolute atomic E-state index is 10.8. The number of nitrogens with two attached hydrogens (primary N) is 2. The smallest absolute Gasteiger partial charge is 0.412 e. The lowest BCUT2D eigenvalue weighted by atomic mass is 9.93. The van der Waals surface area contributed by atoms with E-state index in [0.717, 1.165) is 6.42 Å². The molecule has 0 bridgehead atoms. The molecule has 0 aliphatic carbocycles. The van der Waals surface area contributed by atoms with Crippen molar-refractivity contribution in [3.05, 3.63) is 29.5 Å². The molecule has 1 atom stereocenters. The van der Waals surface area contributed by atoms with Crippen LogP contribution in [0.5, 0.6) is 11.9 Å². The Labute approximate surface area is 156 Å². The number of pyridine rings is 1. The molecule has 0 radical (unpaired) electrons. The molecule has 4 N–H and O–H groups in total. The number of carbonyl (C=O) groups excluding carboxylic acids is 1. The quantitative estimate of drug-likeness (QED) is 0.757. The Bertz CT molecular complexity index is 783. The minimum absolute atomic E-state index is 0.154. The van der Waals surface area contributed by atoms with Gasteiger partial charge in [-0.3, -0.25) is 0 Å². The van der Waals surface area contributed by atoms with E-state index in [1.165, 1.54) is 6.20 Å². The van der Waals surface area contributed by atoms with Crippen molar-refractivity contribution in [3.8, 4) is 23.1 Å². The molecule has 0 unspecified atom stereocenters. The minimum atomic E-state index is -0.992. The molecule has 0 spiro atoms.